The molecule has 0 radical (unpaired) electrons. The molecule has 8 heteroatoms. The third-order valence-corrected chi connectivity index (χ3v) is 5.16. The number of carbonyl (C=O) groups is 2. The maximum absolute atomic E-state index is 12.7. The topological polar surface area (TPSA) is 96.5 Å². The van der Waals surface area contributed by atoms with Crippen molar-refractivity contribution in [2.45, 2.75) is 33.1 Å². The summed E-state index contributed by atoms with van der Waals surface area (Å²) in [5.74, 6) is -0.174. The fourth-order valence-electron chi connectivity index (χ4n) is 3.03. The van der Waals surface area contributed by atoms with E-state index in [0.717, 1.165) is 11.4 Å². The molecule has 2 aromatic heterocycles. The average Bonchev–Trinajstić information content (AvgIpc) is 3.26. The van der Waals surface area contributed by atoms with Crippen LogP contribution in [0.4, 0.5) is 0 Å². The number of carboxylic acid groups (broad SMARTS) is 1. The van der Waals surface area contributed by atoms with Crippen LogP contribution in [-0.4, -0.2) is 45.1 Å². The fraction of sp³-hybridized carbons (Fsp3) is 0.500. The van der Waals surface area contributed by atoms with Crippen molar-refractivity contribution in [3.8, 4) is 0 Å². The smallest absolute Gasteiger partial charge is 0.355 e. The van der Waals surface area contributed by atoms with Gasteiger partial charge >= 0.3 is 5.97 Å². The van der Waals surface area contributed by atoms with Crippen LogP contribution < -0.4 is 0 Å². The van der Waals surface area contributed by atoms with E-state index in [-0.39, 0.29) is 11.6 Å². The molecule has 7 nitrogen and oxygen atoms in total. The number of carbonyl (C=O) groups excluding carboxylic acids is 1. The van der Waals surface area contributed by atoms with Gasteiger partial charge in [-0.05, 0) is 25.7 Å². The van der Waals surface area contributed by atoms with Gasteiger partial charge in [0.05, 0.1) is 10.7 Å². The first-order chi connectivity index (χ1) is 11.5. The predicted molar refractivity (Wildman–Crippen MR) is 87.4 cm³/mol. The summed E-state index contributed by atoms with van der Waals surface area (Å²) in [6.07, 6.45) is 2.25. The lowest BCUT2D eigenvalue weighted by molar-refractivity contribution is 0.0690. The monoisotopic (exact) mass is 349 g/mol. The van der Waals surface area contributed by atoms with Gasteiger partial charge in [0.2, 0.25) is 0 Å². The van der Waals surface area contributed by atoms with Gasteiger partial charge in [-0.3, -0.25) is 4.79 Å². The number of aromatic nitrogens is 2. The van der Waals surface area contributed by atoms with Crippen LogP contribution in [0.5, 0.6) is 0 Å². The minimum atomic E-state index is -1.00. The van der Waals surface area contributed by atoms with Gasteiger partial charge < -0.3 is 14.5 Å². The molecule has 3 rings (SSSR count). The normalized spacial score (nSPS) is 17.4. The van der Waals surface area contributed by atoms with E-state index in [1.54, 1.807) is 12.3 Å². The molecule has 1 saturated heterocycles. The van der Waals surface area contributed by atoms with Crippen molar-refractivity contribution < 1.29 is 19.2 Å². The van der Waals surface area contributed by atoms with E-state index in [9.17, 15) is 9.59 Å². The molecule has 0 aromatic carbocycles. The highest BCUT2D eigenvalue weighted by molar-refractivity contribution is 7.09. The maximum atomic E-state index is 12.7. The number of aromatic carboxylic acids is 1. The molecule has 3 heterocycles. The summed E-state index contributed by atoms with van der Waals surface area (Å²) in [7, 11) is 0. The van der Waals surface area contributed by atoms with E-state index in [4.69, 9.17) is 9.63 Å². The van der Waals surface area contributed by atoms with Crippen molar-refractivity contribution in [1.29, 1.82) is 0 Å². The molecule has 1 aliphatic heterocycles. The van der Waals surface area contributed by atoms with E-state index < -0.39 is 5.97 Å². The number of carboxylic acids is 1. The summed E-state index contributed by atoms with van der Waals surface area (Å²) < 4.78 is 5.15. The van der Waals surface area contributed by atoms with Crippen molar-refractivity contribution in [2.75, 3.05) is 13.1 Å². The minimum absolute atomic E-state index is 0.0292. The van der Waals surface area contributed by atoms with Crippen molar-refractivity contribution in [2.24, 2.45) is 5.92 Å². The third kappa shape index (κ3) is 3.19. The van der Waals surface area contributed by atoms with Gasteiger partial charge in [0, 0.05) is 24.9 Å². The number of hydrogen-bond donors (Lipinski definition) is 1. The lowest BCUT2D eigenvalue weighted by Crippen LogP contribution is -2.30. The van der Waals surface area contributed by atoms with Crippen LogP contribution in [0.1, 0.15) is 50.7 Å². The van der Waals surface area contributed by atoms with Crippen LogP contribution in [-0.2, 0) is 12.8 Å². The van der Waals surface area contributed by atoms with E-state index in [1.807, 2.05) is 11.8 Å². The molecule has 0 aliphatic carbocycles. The van der Waals surface area contributed by atoms with Crippen LogP contribution in [0.25, 0.3) is 0 Å². The predicted octanol–water partition coefficient (Wildman–Crippen LogP) is 2.40. The largest absolute Gasteiger partial charge is 0.476 e. The molecule has 24 heavy (non-hydrogen) atoms. The fourth-order valence-corrected chi connectivity index (χ4v) is 3.91. The molecule has 1 fully saturated rings. The van der Waals surface area contributed by atoms with E-state index in [0.29, 0.717) is 48.9 Å². The van der Waals surface area contributed by atoms with Gasteiger partial charge in [0.1, 0.15) is 11.3 Å². The van der Waals surface area contributed by atoms with Gasteiger partial charge in [-0.15, -0.1) is 11.3 Å². The Bertz CT molecular complexity index is 767. The zero-order valence-corrected chi connectivity index (χ0v) is 14.4. The molecule has 1 unspecified atom stereocenters. The second kappa shape index (κ2) is 6.72. The standard InChI is InChI=1S/C16H19N3O4S/c1-3-11-14(9(2)23-18-11)15(20)19-5-4-10(7-19)6-13-17-12(8-24-13)16(21)22/h8,10H,3-7H2,1-2H3,(H,21,22). The Morgan fingerprint density at radius 1 is 1.50 bits per heavy atom. The molecular formula is C16H19N3O4S. The molecule has 0 spiro atoms. The molecular weight excluding hydrogens is 330 g/mol. The van der Waals surface area contributed by atoms with Crippen LogP contribution in [0.3, 0.4) is 0 Å². The van der Waals surface area contributed by atoms with Gasteiger partial charge in [-0.25, -0.2) is 9.78 Å². The number of rotatable bonds is 5. The lowest BCUT2D eigenvalue weighted by Gasteiger charge is -2.16. The second-order valence-corrected chi connectivity index (χ2v) is 6.90. The van der Waals surface area contributed by atoms with Crippen LogP contribution in [0.15, 0.2) is 9.90 Å². The highest BCUT2D eigenvalue weighted by Gasteiger charge is 2.31. The number of thiazole rings is 1. The molecule has 2 aromatic rings. The number of aryl methyl sites for hydroxylation is 2. The lowest BCUT2D eigenvalue weighted by atomic mass is 10.1. The Labute approximate surface area is 143 Å². The first kappa shape index (κ1) is 16.6. The Balaban J connectivity index is 1.65. The van der Waals surface area contributed by atoms with Gasteiger partial charge in [-0.2, -0.15) is 0 Å². The highest BCUT2D eigenvalue weighted by atomic mass is 32.1. The maximum Gasteiger partial charge on any atom is 0.355 e. The summed E-state index contributed by atoms with van der Waals surface area (Å²) in [5.41, 5.74) is 1.38. The summed E-state index contributed by atoms with van der Waals surface area (Å²) >= 11 is 1.36. The Morgan fingerprint density at radius 3 is 2.96 bits per heavy atom. The van der Waals surface area contributed by atoms with Gasteiger partial charge in [0.15, 0.2) is 5.69 Å². The zero-order chi connectivity index (χ0) is 17.3. The van der Waals surface area contributed by atoms with Crippen LogP contribution >= 0.6 is 11.3 Å². The molecule has 128 valence electrons. The SMILES string of the molecule is CCc1noc(C)c1C(=O)N1CCC(Cc2nc(C(=O)O)cs2)C1. The number of amides is 1. The van der Waals surface area contributed by atoms with Crippen LogP contribution in [0.2, 0.25) is 0 Å². The number of hydrogen-bond acceptors (Lipinski definition) is 6. The summed E-state index contributed by atoms with van der Waals surface area (Å²) in [4.78, 5) is 29.6. The Hall–Kier alpha value is -2.22. The first-order valence-electron chi connectivity index (χ1n) is 7.91. The Morgan fingerprint density at radius 2 is 2.29 bits per heavy atom. The highest BCUT2D eigenvalue weighted by Crippen LogP contribution is 2.26. The summed E-state index contributed by atoms with van der Waals surface area (Å²) in [6, 6.07) is 0. The summed E-state index contributed by atoms with van der Waals surface area (Å²) in [6.45, 7) is 5.04. The molecule has 0 bridgehead atoms. The molecule has 1 aliphatic rings. The van der Waals surface area contributed by atoms with Gasteiger partial charge in [0.25, 0.3) is 5.91 Å². The third-order valence-electron chi connectivity index (χ3n) is 4.29. The first-order valence-corrected chi connectivity index (χ1v) is 8.79. The van der Waals surface area contributed by atoms with Crippen molar-refractivity contribution in [3.05, 3.63) is 33.1 Å². The van der Waals surface area contributed by atoms with E-state index >= 15 is 0 Å². The molecule has 0 saturated carbocycles. The molecule has 1 N–H and O–H groups in total. The van der Waals surface area contributed by atoms with Crippen molar-refractivity contribution >= 4 is 23.2 Å². The average molecular weight is 349 g/mol. The second-order valence-electron chi connectivity index (χ2n) is 5.96. The van der Waals surface area contributed by atoms with Crippen molar-refractivity contribution in [1.82, 2.24) is 15.0 Å². The van der Waals surface area contributed by atoms with Crippen molar-refractivity contribution in [3.63, 3.8) is 0 Å². The van der Waals surface area contributed by atoms with Gasteiger partial charge in [-0.1, -0.05) is 12.1 Å². The molecule has 1 atom stereocenters. The summed E-state index contributed by atoms with van der Waals surface area (Å²) in [5, 5.41) is 15.2. The van der Waals surface area contributed by atoms with E-state index in [2.05, 4.69) is 10.1 Å². The quantitative estimate of drug-likeness (QED) is 0.890. The number of nitrogens with zero attached hydrogens (tertiary/aromatic N) is 3. The zero-order valence-electron chi connectivity index (χ0n) is 13.6. The van der Waals surface area contributed by atoms with Crippen LogP contribution in [0, 0.1) is 12.8 Å². The molecule has 1 amide bonds. The Kier molecular flexibility index (Phi) is 4.66. The number of likely N-dealkylation sites (tertiary alicyclic amines) is 1. The minimum Gasteiger partial charge on any atom is -0.476 e. The van der Waals surface area contributed by atoms with E-state index in [1.165, 1.54) is 11.3 Å².